The SMILES string of the molecule is Cc1cccc(O[C@@H](C)C(=O)N2CCC[C@H](C)C2)c1C. The number of aryl methyl sites for hydroxylation is 1. The highest BCUT2D eigenvalue weighted by Crippen LogP contribution is 2.23. The molecule has 1 saturated heterocycles. The van der Waals surface area contributed by atoms with E-state index in [0.29, 0.717) is 5.92 Å². The van der Waals surface area contributed by atoms with Crippen LogP contribution in [0.5, 0.6) is 5.75 Å². The summed E-state index contributed by atoms with van der Waals surface area (Å²) in [5.41, 5.74) is 2.30. The molecule has 1 aliphatic heterocycles. The van der Waals surface area contributed by atoms with Gasteiger partial charge in [-0.1, -0.05) is 19.1 Å². The predicted octanol–water partition coefficient (Wildman–Crippen LogP) is 3.33. The average Bonchev–Trinajstić information content (AvgIpc) is 2.43. The molecule has 0 N–H and O–H groups in total. The molecule has 0 unspecified atom stereocenters. The zero-order chi connectivity index (χ0) is 14.7. The van der Waals surface area contributed by atoms with Gasteiger partial charge in [-0.15, -0.1) is 0 Å². The van der Waals surface area contributed by atoms with Gasteiger partial charge in [0.15, 0.2) is 6.10 Å². The van der Waals surface area contributed by atoms with Crippen LogP contribution in [0.4, 0.5) is 0 Å². The molecule has 3 nitrogen and oxygen atoms in total. The molecule has 1 heterocycles. The molecule has 0 radical (unpaired) electrons. The molecule has 110 valence electrons. The van der Waals surface area contributed by atoms with E-state index in [4.69, 9.17) is 4.74 Å². The number of rotatable bonds is 3. The number of amides is 1. The largest absolute Gasteiger partial charge is 0.481 e. The summed E-state index contributed by atoms with van der Waals surface area (Å²) >= 11 is 0. The number of hydrogen-bond acceptors (Lipinski definition) is 2. The molecule has 1 aliphatic rings. The number of carbonyl (C=O) groups is 1. The molecule has 0 aliphatic carbocycles. The minimum absolute atomic E-state index is 0.109. The van der Waals surface area contributed by atoms with E-state index in [1.807, 2.05) is 30.9 Å². The van der Waals surface area contributed by atoms with Gasteiger partial charge in [0.2, 0.25) is 0 Å². The topological polar surface area (TPSA) is 29.5 Å². The maximum atomic E-state index is 12.4. The van der Waals surface area contributed by atoms with Crippen molar-refractivity contribution in [3.63, 3.8) is 0 Å². The maximum absolute atomic E-state index is 12.4. The fourth-order valence-electron chi connectivity index (χ4n) is 2.74. The Hall–Kier alpha value is -1.51. The van der Waals surface area contributed by atoms with Crippen molar-refractivity contribution in [2.75, 3.05) is 13.1 Å². The molecule has 0 saturated carbocycles. The molecule has 20 heavy (non-hydrogen) atoms. The van der Waals surface area contributed by atoms with Crippen LogP contribution in [0.2, 0.25) is 0 Å². The number of likely N-dealkylation sites (tertiary alicyclic amines) is 1. The molecule has 2 rings (SSSR count). The predicted molar refractivity (Wildman–Crippen MR) is 81.0 cm³/mol. The lowest BCUT2D eigenvalue weighted by Crippen LogP contribution is -2.45. The fourth-order valence-corrected chi connectivity index (χ4v) is 2.74. The Kier molecular flexibility index (Phi) is 4.69. The van der Waals surface area contributed by atoms with E-state index in [0.717, 1.165) is 30.8 Å². The molecule has 3 heteroatoms. The van der Waals surface area contributed by atoms with Crippen molar-refractivity contribution < 1.29 is 9.53 Å². The summed E-state index contributed by atoms with van der Waals surface area (Å²) in [5, 5.41) is 0. The molecule has 2 atom stereocenters. The van der Waals surface area contributed by atoms with Crippen LogP contribution < -0.4 is 4.74 Å². The second-order valence-corrected chi connectivity index (χ2v) is 5.99. The highest BCUT2D eigenvalue weighted by molar-refractivity contribution is 5.81. The Balaban J connectivity index is 2.02. The van der Waals surface area contributed by atoms with E-state index in [1.165, 1.54) is 12.0 Å². The standard InChI is InChI=1S/C17H25NO2/c1-12-7-6-10-18(11-12)17(19)15(4)20-16-9-5-8-13(2)14(16)3/h5,8-9,12,15H,6-7,10-11H2,1-4H3/t12-,15-/m0/s1. The monoisotopic (exact) mass is 275 g/mol. The van der Waals surface area contributed by atoms with Gasteiger partial charge in [0, 0.05) is 13.1 Å². The van der Waals surface area contributed by atoms with E-state index in [2.05, 4.69) is 19.9 Å². The number of nitrogens with zero attached hydrogens (tertiary/aromatic N) is 1. The summed E-state index contributed by atoms with van der Waals surface area (Å²) in [6.07, 6.45) is 1.90. The van der Waals surface area contributed by atoms with E-state index >= 15 is 0 Å². The van der Waals surface area contributed by atoms with Gasteiger partial charge in [-0.3, -0.25) is 4.79 Å². The van der Waals surface area contributed by atoms with Crippen molar-refractivity contribution in [2.45, 2.75) is 46.6 Å². The first-order chi connectivity index (χ1) is 9.49. The van der Waals surface area contributed by atoms with Gasteiger partial charge in [-0.05, 0) is 56.7 Å². The van der Waals surface area contributed by atoms with Crippen LogP contribution in [-0.4, -0.2) is 30.0 Å². The summed E-state index contributed by atoms with van der Waals surface area (Å²) in [4.78, 5) is 14.4. The van der Waals surface area contributed by atoms with Crippen LogP contribution in [0.15, 0.2) is 18.2 Å². The average molecular weight is 275 g/mol. The summed E-state index contributed by atoms with van der Waals surface area (Å²) < 4.78 is 5.88. The van der Waals surface area contributed by atoms with Crippen molar-refractivity contribution >= 4 is 5.91 Å². The van der Waals surface area contributed by atoms with E-state index in [-0.39, 0.29) is 5.91 Å². The van der Waals surface area contributed by atoms with E-state index in [9.17, 15) is 4.79 Å². The first-order valence-electron chi connectivity index (χ1n) is 7.50. The number of benzene rings is 1. The third-order valence-corrected chi connectivity index (χ3v) is 4.18. The first kappa shape index (κ1) is 14.9. The molecule has 1 amide bonds. The number of ether oxygens (including phenoxy) is 1. The Morgan fingerprint density at radius 1 is 1.40 bits per heavy atom. The summed E-state index contributed by atoms with van der Waals surface area (Å²) in [5.74, 6) is 1.52. The van der Waals surface area contributed by atoms with Gasteiger partial charge in [-0.25, -0.2) is 0 Å². The zero-order valence-corrected chi connectivity index (χ0v) is 13.0. The highest BCUT2D eigenvalue weighted by Gasteiger charge is 2.26. The molecular formula is C17H25NO2. The van der Waals surface area contributed by atoms with Gasteiger partial charge in [0.25, 0.3) is 5.91 Å². The number of carbonyl (C=O) groups excluding carboxylic acids is 1. The minimum atomic E-state index is -0.416. The smallest absolute Gasteiger partial charge is 0.263 e. The quantitative estimate of drug-likeness (QED) is 0.847. The molecule has 1 aromatic carbocycles. The van der Waals surface area contributed by atoms with Gasteiger partial charge in [0.05, 0.1) is 0 Å². The Bertz CT molecular complexity index is 484. The van der Waals surface area contributed by atoms with Crippen LogP contribution in [0.3, 0.4) is 0 Å². The Morgan fingerprint density at radius 2 is 2.15 bits per heavy atom. The third kappa shape index (κ3) is 3.33. The molecule has 0 aromatic heterocycles. The summed E-state index contributed by atoms with van der Waals surface area (Å²) in [6, 6.07) is 5.96. The fraction of sp³-hybridized carbons (Fsp3) is 0.588. The van der Waals surface area contributed by atoms with E-state index in [1.54, 1.807) is 0 Å². The number of hydrogen-bond donors (Lipinski definition) is 0. The third-order valence-electron chi connectivity index (χ3n) is 4.18. The van der Waals surface area contributed by atoms with Crippen molar-refractivity contribution in [1.82, 2.24) is 4.90 Å². The van der Waals surface area contributed by atoms with Gasteiger partial charge in [-0.2, -0.15) is 0 Å². The van der Waals surface area contributed by atoms with Crippen molar-refractivity contribution in [3.8, 4) is 5.75 Å². The molecule has 0 spiro atoms. The Labute approximate surface area is 121 Å². The second-order valence-electron chi connectivity index (χ2n) is 5.99. The highest BCUT2D eigenvalue weighted by atomic mass is 16.5. The van der Waals surface area contributed by atoms with Gasteiger partial charge >= 0.3 is 0 Å². The lowest BCUT2D eigenvalue weighted by Gasteiger charge is -2.32. The van der Waals surface area contributed by atoms with E-state index < -0.39 is 6.10 Å². The lowest BCUT2D eigenvalue weighted by atomic mass is 10.00. The lowest BCUT2D eigenvalue weighted by molar-refractivity contribution is -0.139. The zero-order valence-electron chi connectivity index (χ0n) is 13.0. The van der Waals surface area contributed by atoms with Gasteiger partial charge < -0.3 is 9.64 Å². The minimum Gasteiger partial charge on any atom is -0.481 e. The Morgan fingerprint density at radius 3 is 2.85 bits per heavy atom. The first-order valence-corrected chi connectivity index (χ1v) is 7.50. The van der Waals surface area contributed by atoms with Crippen LogP contribution in [0.1, 0.15) is 37.8 Å². The number of piperidine rings is 1. The summed E-state index contributed by atoms with van der Waals surface area (Å²) in [7, 11) is 0. The molecular weight excluding hydrogens is 250 g/mol. The molecule has 1 fully saturated rings. The molecule has 1 aromatic rings. The normalized spacial score (nSPS) is 20.6. The van der Waals surface area contributed by atoms with Crippen molar-refractivity contribution in [2.24, 2.45) is 5.92 Å². The van der Waals surface area contributed by atoms with Crippen molar-refractivity contribution in [1.29, 1.82) is 0 Å². The van der Waals surface area contributed by atoms with Crippen LogP contribution in [-0.2, 0) is 4.79 Å². The van der Waals surface area contributed by atoms with Crippen LogP contribution >= 0.6 is 0 Å². The van der Waals surface area contributed by atoms with Crippen LogP contribution in [0, 0.1) is 19.8 Å². The van der Waals surface area contributed by atoms with Crippen molar-refractivity contribution in [3.05, 3.63) is 29.3 Å². The molecule has 0 bridgehead atoms. The van der Waals surface area contributed by atoms with Gasteiger partial charge in [0.1, 0.15) is 5.75 Å². The maximum Gasteiger partial charge on any atom is 0.263 e. The summed E-state index contributed by atoms with van der Waals surface area (Å²) in [6.45, 7) is 9.87. The van der Waals surface area contributed by atoms with Crippen LogP contribution in [0.25, 0.3) is 0 Å². The second kappa shape index (κ2) is 6.29.